The Hall–Kier alpha value is -1.66. The molecule has 1 N–H and O–H groups in total. The number of nitrogens with one attached hydrogen (secondary N) is 1. The lowest BCUT2D eigenvalue weighted by molar-refractivity contribution is 0.0498. The summed E-state index contributed by atoms with van der Waals surface area (Å²) in [5, 5.41) is 6.55. The fourth-order valence-corrected chi connectivity index (χ4v) is 3.13. The van der Waals surface area contributed by atoms with E-state index in [1.165, 1.54) is 6.07 Å². The molecule has 1 aliphatic heterocycles. The van der Waals surface area contributed by atoms with Gasteiger partial charge < -0.3 is 10.1 Å². The van der Waals surface area contributed by atoms with E-state index >= 15 is 0 Å². The van der Waals surface area contributed by atoms with Gasteiger partial charge >= 0.3 is 0 Å². The Morgan fingerprint density at radius 1 is 1.38 bits per heavy atom. The Morgan fingerprint density at radius 2 is 2.14 bits per heavy atom. The highest BCUT2D eigenvalue weighted by Gasteiger charge is 2.33. The second-order valence-electron chi connectivity index (χ2n) is 5.67. The van der Waals surface area contributed by atoms with Gasteiger partial charge in [-0.15, -0.1) is 0 Å². The zero-order chi connectivity index (χ0) is 14.8. The molecule has 0 spiro atoms. The smallest absolute Gasteiger partial charge is 0.272 e. The van der Waals surface area contributed by atoms with Crippen LogP contribution < -0.4 is 10.1 Å². The third-order valence-corrected chi connectivity index (χ3v) is 4.26. The van der Waals surface area contributed by atoms with Crippen LogP contribution in [0.15, 0.2) is 6.07 Å². The van der Waals surface area contributed by atoms with Crippen molar-refractivity contribution in [2.75, 3.05) is 6.61 Å². The van der Waals surface area contributed by atoms with Gasteiger partial charge in [0.05, 0.1) is 12.6 Å². The molecule has 7 heteroatoms. The number of amides is 1. The van der Waals surface area contributed by atoms with Gasteiger partial charge in [0.2, 0.25) is 5.88 Å². The van der Waals surface area contributed by atoms with Crippen LogP contribution in [0.2, 0.25) is 0 Å². The van der Waals surface area contributed by atoms with Gasteiger partial charge in [0.15, 0.2) is 5.69 Å². The lowest BCUT2D eigenvalue weighted by atomic mass is 9.84. The summed E-state index contributed by atoms with van der Waals surface area (Å²) in [5.74, 6) is -0.170. The van der Waals surface area contributed by atoms with Gasteiger partial charge in [0.25, 0.3) is 12.3 Å². The number of hydrogen-bond acceptors (Lipinski definition) is 3. The van der Waals surface area contributed by atoms with Crippen LogP contribution in [0, 0.1) is 5.92 Å². The summed E-state index contributed by atoms with van der Waals surface area (Å²) in [6, 6.07) is 0.418. The van der Waals surface area contributed by atoms with Crippen LogP contribution in [0.5, 0.6) is 5.88 Å². The van der Waals surface area contributed by atoms with Gasteiger partial charge in [-0.1, -0.05) is 19.3 Å². The zero-order valence-corrected chi connectivity index (χ0v) is 11.7. The molecule has 1 saturated carbocycles. The Labute approximate surface area is 121 Å². The minimum absolute atomic E-state index is 0.145. The van der Waals surface area contributed by atoms with Gasteiger partial charge in [-0.2, -0.15) is 5.10 Å². The van der Waals surface area contributed by atoms with Crippen molar-refractivity contribution in [1.82, 2.24) is 15.1 Å². The van der Waals surface area contributed by atoms with Crippen molar-refractivity contribution in [3.05, 3.63) is 11.8 Å². The number of alkyl halides is 2. The molecule has 0 bridgehead atoms. The van der Waals surface area contributed by atoms with Crippen LogP contribution in [-0.4, -0.2) is 34.8 Å². The minimum atomic E-state index is -2.55. The van der Waals surface area contributed by atoms with Crippen molar-refractivity contribution in [2.45, 2.75) is 51.1 Å². The number of carbonyl (C=O) groups excluding carboxylic acids is 1. The van der Waals surface area contributed by atoms with Crippen molar-refractivity contribution in [3.8, 4) is 5.88 Å². The molecule has 0 radical (unpaired) electrons. The second-order valence-corrected chi connectivity index (χ2v) is 5.67. The van der Waals surface area contributed by atoms with Crippen LogP contribution in [-0.2, 0) is 6.54 Å². The lowest BCUT2D eigenvalue weighted by Gasteiger charge is -2.30. The predicted octanol–water partition coefficient (Wildman–Crippen LogP) is 2.22. The molecule has 1 fully saturated rings. The van der Waals surface area contributed by atoms with Crippen molar-refractivity contribution in [2.24, 2.45) is 5.92 Å². The van der Waals surface area contributed by atoms with E-state index in [4.69, 9.17) is 4.74 Å². The number of ether oxygens (including phenoxy) is 1. The van der Waals surface area contributed by atoms with Gasteiger partial charge in [-0.05, 0) is 18.8 Å². The summed E-state index contributed by atoms with van der Waals surface area (Å²) in [5.41, 5.74) is 0.145. The summed E-state index contributed by atoms with van der Waals surface area (Å²) in [6.45, 7) is 1.12. The highest BCUT2D eigenvalue weighted by molar-refractivity contribution is 5.92. The summed E-state index contributed by atoms with van der Waals surface area (Å²) in [6.07, 6.45) is 1.94. The first kappa shape index (κ1) is 14.3. The highest BCUT2D eigenvalue weighted by atomic mass is 19.3. The minimum Gasteiger partial charge on any atom is -0.476 e. The maximum absolute atomic E-state index is 13.3. The molecule has 1 aromatic heterocycles. The number of carbonyl (C=O) groups is 1. The zero-order valence-electron chi connectivity index (χ0n) is 11.7. The topological polar surface area (TPSA) is 56.2 Å². The predicted molar refractivity (Wildman–Crippen MR) is 71.6 cm³/mol. The van der Waals surface area contributed by atoms with E-state index in [0.29, 0.717) is 19.0 Å². The number of hydrogen-bond donors (Lipinski definition) is 1. The van der Waals surface area contributed by atoms with Crippen molar-refractivity contribution < 1.29 is 18.3 Å². The Morgan fingerprint density at radius 3 is 2.81 bits per heavy atom. The van der Waals surface area contributed by atoms with Crippen LogP contribution >= 0.6 is 0 Å². The third-order valence-electron chi connectivity index (χ3n) is 4.26. The van der Waals surface area contributed by atoms with Crippen LogP contribution in [0.3, 0.4) is 0 Å². The SMILES string of the molecule is O=C(N[C@@H](C(F)F)C1CCCCC1)c1cc2n(n1)CCO2. The van der Waals surface area contributed by atoms with E-state index in [2.05, 4.69) is 10.4 Å². The molecule has 3 rings (SSSR count). The number of aromatic nitrogens is 2. The lowest BCUT2D eigenvalue weighted by Crippen LogP contribution is -2.46. The number of halogens is 2. The molecule has 2 aliphatic rings. The number of fused-ring (bicyclic) bond motifs is 1. The average molecular weight is 299 g/mol. The van der Waals surface area contributed by atoms with Crippen molar-refractivity contribution in [1.29, 1.82) is 0 Å². The molecule has 1 amide bonds. The molecule has 5 nitrogen and oxygen atoms in total. The van der Waals surface area contributed by atoms with Crippen LogP contribution in [0.1, 0.15) is 42.6 Å². The summed E-state index contributed by atoms with van der Waals surface area (Å²) in [7, 11) is 0. The summed E-state index contributed by atoms with van der Waals surface area (Å²) in [4.78, 5) is 12.1. The molecule has 1 atom stereocenters. The van der Waals surface area contributed by atoms with E-state index in [1.54, 1.807) is 4.68 Å². The Bertz CT molecular complexity index is 491. The maximum atomic E-state index is 13.3. The molecule has 0 unspecified atom stereocenters. The molecule has 0 saturated heterocycles. The van der Waals surface area contributed by atoms with Gasteiger partial charge in [-0.25, -0.2) is 13.5 Å². The van der Waals surface area contributed by atoms with E-state index < -0.39 is 18.4 Å². The van der Waals surface area contributed by atoms with Crippen LogP contribution in [0.4, 0.5) is 8.78 Å². The Kier molecular flexibility index (Phi) is 4.07. The largest absolute Gasteiger partial charge is 0.476 e. The van der Waals surface area contributed by atoms with E-state index in [-0.39, 0.29) is 11.6 Å². The normalized spacial score (nSPS) is 20.1. The third kappa shape index (κ3) is 3.01. The first-order valence-electron chi connectivity index (χ1n) is 7.45. The molecule has 2 heterocycles. The monoisotopic (exact) mass is 299 g/mol. The number of rotatable bonds is 4. The molecule has 116 valence electrons. The average Bonchev–Trinajstić information content (AvgIpc) is 3.06. The molecular formula is C14H19F2N3O2. The first-order valence-corrected chi connectivity index (χ1v) is 7.45. The molecule has 21 heavy (non-hydrogen) atoms. The Balaban J connectivity index is 1.68. The van der Waals surface area contributed by atoms with E-state index in [9.17, 15) is 13.6 Å². The van der Waals surface area contributed by atoms with Crippen LogP contribution in [0.25, 0.3) is 0 Å². The fourth-order valence-electron chi connectivity index (χ4n) is 3.13. The van der Waals surface area contributed by atoms with Crippen molar-refractivity contribution >= 4 is 5.91 Å². The van der Waals surface area contributed by atoms with Gasteiger partial charge in [0.1, 0.15) is 6.61 Å². The molecule has 0 aromatic carbocycles. The van der Waals surface area contributed by atoms with E-state index in [0.717, 1.165) is 32.1 Å². The van der Waals surface area contributed by atoms with Crippen molar-refractivity contribution in [3.63, 3.8) is 0 Å². The quantitative estimate of drug-likeness (QED) is 0.927. The summed E-state index contributed by atoms with van der Waals surface area (Å²) < 4.78 is 33.4. The van der Waals surface area contributed by atoms with Gasteiger partial charge in [0, 0.05) is 6.07 Å². The van der Waals surface area contributed by atoms with E-state index in [1.807, 2.05) is 0 Å². The maximum Gasteiger partial charge on any atom is 0.272 e. The standard InChI is InChI=1S/C14H19F2N3O2/c15-13(16)12(9-4-2-1-3-5-9)17-14(20)10-8-11-19(18-10)6-7-21-11/h8-9,12-13H,1-7H2,(H,17,20)/t12-/m1/s1. The number of nitrogens with zero attached hydrogens (tertiary/aromatic N) is 2. The summed E-state index contributed by atoms with van der Waals surface area (Å²) >= 11 is 0. The first-order chi connectivity index (χ1) is 10.1. The second kappa shape index (κ2) is 5.99. The molecular weight excluding hydrogens is 280 g/mol. The highest BCUT2D eigenvalue weighted by Crippen LogP contribution is 2.29. The fraction of sp³-hybridized carbons (Fsp3) is 0.714. The van der Waals surface area contributed by atoms with Gasteiger partial charge in [-0.3, -0.25) is 4.79 Å². The molecule has 1 aliphatic carbocycles. The molecule has 1 aromatic rings.